The number of amides is 1. The number of fused-ring (bicyclic) bond motifs is 2. The number of anilines is 1. The van der Waals surface area contributed by atoms with Crippen LogP contribution in [0.1, 0.15) is 35.0 Å². The highest BCUT2D eigenvalue weighted by atomic mass is 35.5. The molecule has 160 valence electrons. The second-order valence-corrected chi connectivity index (χ2v) is 8.03. The number of pyridine rings is 1. The third-order valence-corrected chi connectivity index (χ3v) is 5.55. The van der Waals surface area contributed by atoms with Gasteiger partial charge in [0.2, 0.25) is 0 Å². The zero-order valence-corrected chi connectivity index (χ0v) is 18.1. The first-order chi connectivity index (χ1) is 15.0. The van der Waals surface area contributed by atoms with E-state index in [1.54, 1.807) is 24.3 Å². The summed E-state index contributed by atoms with van der Waals surface area (Å²) in [5.74, 6) is -0.926. The molecule has 7 heteroatoms. The number of ether oxygens (including phenoxy) is 1. The largest absolute Gasteiger partial charge is 0.452 e. The maximum Gasteiger partial charge on any atom is 0.339 e. The van der Waals surface area contributed by atoms with Crippen molar-refractivity contribution in [3.63, 3.8) is 0 Å². The van der Waals surface area contributed by atoms with Crippen LogP contribution in [0.2, 0.25) is 5.02 Å². The third-order valence-electron chi connectivity index (χ3n) is 5.31. The van der Waals surface area contributed by atoms with E-state index in [9.17, 15) is 9.59 Å². The van der Waals surface area contributed by atoms with Gasteiger partial charge in [0.1, 0.15) is 0 Å². The second kappa shape index (κ2) is 9.45. The van der Waals surface area contributed by atoms with Gasteiger partial charge in [-0.3, -0.25) is 14.7 Å². The summed E-state index contributed by atoms with van der Waals surface area (Å²) in [5, 5.41) is 3.96. The summed E-state index contributed by atoms with van der Waals surface area (Å²) in [4.78, 5) is 32.5. The molecule has 6 nitrogen and oxygen atoms in total. The monoisotopic (exact) mass is 437 g/mol. The molecule has 31 heavy (non-hydrogen) atoms. The Hall–Kier alpha value is -2.96. The lowest BCUT2D eigenvalue weighted by molar-refractivity contribution is -0.119. The van der Waals surface area contributed by atoms with E-state index in [1.165, 1.54) is 0 Å². The van der Waals surface area contributed by atoms with Gasteiger partial charge in [-0.25, -0.2) is 4.79 Å². The molecule has 1 aromatic heterocycles. The molecule has 0 saturated carbocycles. The first-order valence-corrected chi connectivity index (χ1v) is 10.8. The highest BCUT2D eigenvalue weighted by Crippen LogP contribution is 2.29. The minimum atomic E-state index is -0.505. The highest BCUT2D eigenvalue weighted by molar-refractivity contribution is 6.30. The average Bonchev–Trinajstić information content (AvgIpc) is 2.76. The van der Waals surface area contributed by atoms with Gasteiger partial charge in [-0.15, -0.1) is 0 Å². The van der Waals surface area contributed by atoms with E-state index in [0.717, 1.165) is 48.1 Å². The molecule has 0 saturated heterocycles. The number of carbonyl (C=O) groups is 2. The summed E-state index contributed by atoms with van der Waals surface area (Å²) >= 11 is 5.95. The molecule has 1 aliphatic rings. The van der Waals surface area contributed by atoms with Gasteiger partial charge in [0.05, 0.1) is 11.1 Å². The van der Waals surface area contributed by atoms with Crippen molar-refractivity contribution in [1.29, 1.82) is 0 Å². The fourth-order valence-electron chi connectivity index (χ4n) is 3.95. The number of halogens is 1. The Morgan fingerprint density at radius 1 is 1.19 bits per heavy atom. The summed E-state index contributed by atoms with van der Waals surface area (Å²) < 4.78 is 5.43. The highest BCUT2D eigenvalue weighted by Gasteiger charge is 2.26. The molecule has 2 aromatic carbocycles. The number of aromatic nitrogens is 1. The van der Waals surface area contributed by atoms with Crippen molar-refractivity contribution >= 4 is 40.1 Å². The minimum absolute atomic E-state index is 0.380. The Kier molecular flexibility index (Phi) is 6.49. The summed E-state index contributed by atoms with van der Waals surface area (Å²) in [6.07, 6.45) is 1.83. The zero-order chi connectivity index (χ0) is 21.8. The van der Waals surface area contributed by atoms with E-state index in [2.05, 4.69) is 17.1 Å². The number of esters is 1. The molecule has 0 aliphatic carbocycles. The first kappa shape index (κ1) is 21.3. The average molecular weight is 438 g/mol. The Labute approximate surface area is 186 Å². The fraction of sp³-hybridized carbons (Fsp3) is 0.292. The Morgan fingerprint density at radius 2 is 2.03 bits per heavy atom. The fourth-order valence-corrected chi connectivity index (χ4v) is 4.14. The van der Waals surface area contributed by atoms with Crippen molar-refractivity contribution in [2.24, 2.45) is 0 Å². The number of hydrogen-bond acceptors (Lipinski definition) is 5. The van der Waals surface area contributed by atoms with Crippen LogP contribution in [0.15, 0.2) is 48.5 Å². The maximum atomic E-state index is 13.1. The lowest BCUT2D eigenvalue weighted by Crippen LogP contribution is -2.33. The van der Waals surface area contributed by atoms with Gasteiger partial charge in [-0.2, -0.15) is 0 Å². The Balaban J connectivity index is 1.57. The van der Waals surface area contributed by atoms with E-state index in [1.807, 2.05) is 24.3 Å². The molecule has 0 unspecified atom stereocenters. The van der Waals surface area contributed by atoms with Crippen molar-refractivity contribution in [1.82, 2.24) is 9.88 Å². The van der Waals surface area contributed by atoms with Gasteiger partial charge >= 0.3 is 5.97 Å². The molecular weight excluding hydrogens is 414 g/mol. The molecule has 0 radical (unpaired) electrons. The molecule has 0 fully saturated rings. The van der Waals surface area contributed by atoms with Crippen LogP contribution in [0.5, 0.6) is 0 Å². The molecule has 1 N–H and O–H groups in total. The summed E-state index contributed by atoms with van der Waals surface area (Å²) in [7, 11) is 0. The van der Waals surface area contributed by atoms with E-state index < -0.39 is 11.9 Å². The summed E-state index contributed by atoms with van der Waals surface area (Å²) in [6, 6.07) is 14.4. The van der Waals surface area contributed by atoms with Gasteiger partial charge in [0.25, 0.3) is 5.91 Å². The first-order valence-electron chi connectivity index (χ1n) is 10.4. The number of para-hydroxylation sites is 1. The predicted octanol–water partition coefficient (Wildman–Crippen LogP) is 4.45. The number of hydrogen-bond donors (Lipinski definition) is 1. The molecule has 0 bridgehead atoms. The van der Waals surface area contributed by atoms with Crippen LogP contribution in [0.3, 0.4) is 0 Å². The van der Waals surface area contributed by atoms with Gasteiger partial charge in [0, 0.05) is 46.9 Å². The molecule has 0 spiro atoms. The topological polar surface area (TPSA) is 71.5 Å². The van der Waals surface area contributed by atoms with Gasteiger partial charge in [0.15, 0.2) is 6.61 Å². The SMILES string of the molecule is CCCN1CCc2nc3ccccc3c(C(=O)OCC(=O)Nc3cccc(Cl)c3)c2C1. The van der Waals surface area contributed by atoms with Crippen LogP contribution in [0.4, 0.5) is 5.69 Å². The van der Waals surface area contributed by atoms with Crippen molar-refractivity contribution in [2.45, 2.75) is 26.3 Å². The third kappa shape index (κ3) is 4.86. The summed E-state index contributed by atoms with van der Waals surface area (Å²) in [6.45, 7) is 4.29. The Bertz CT molecular complexity index is 1130. The van der Waals surface area contributed by atoms with Crippen LogP contribution < -0.4 is 5.32 Å². The van der Waals surface area contributed by atoms with Crippen LogP contribution >= 0.6 is 11.6 Å². The van der Waals surface area contributed by atoms with Gasteiger partial charge in [-0.1, -0.05) is 42.8 Å². The number of carbonyl (C=O) groups excluding carboxylic acids is 2. The molecule has 3 aromatic rings. The van der Waals surface area contributed by atoms with Crippen molar-refractivity contribution in [2.75, 3.05) is 25.0 Å². The lowest BCUT2D eigenvalue weighted by atomic mass is 9.95. The van der Waals surface area contributed by atoms with Crippen LogP contribution in [-0.4, -0.2) is 41.5 Å². The normalized spacial score (nSPS) is 13.6. The van der Waals surface area contributed by atoms with Gasteiger partial charge in [-0.05, 0) is 37.2 Å². The lowest BCUT2D eigenvalue weighted by Gasteiger charge is -2.29. The summed E-state index contributed by atoms with van der Waals surface area (Å²) in [5.41, 5.74) is 3.66. The molecule has 4 rings (SSSR count). The standard InChI is InChI=1S/C24H24ClN3O3/c1-2-11-28-12-10-21-19(14-28)23(18-8-3-4-9-20(18)27-21)24(30)31-15-22(29)26-17-7-5-6-16(25)13-17/h3-9,13H,2,10-12,14-15H2,1H3,(H,26,29). The van der Waals surface area contributed by atoms with Gasteiger partial charge < -0.3 is 10.1 Å². The van der Waals surface area contributed by atoms with Crippen LogP contribution in [0.25, 0.3) is 10.9 Å². The number of nitrogens with zero attached hydrogens (tertiary/aromatic N) is 2. The van der Waals surface area contributed by atoms with Crippen LogP contribution in [0, 0.1) is 0 Å². The van der Waals surface area contributed by atoms with Crippen molar-refractivity contribution in [3.8, 4) is 0 Å². The molecule has 2 heterocycles. The second-order valence-electron chi connectivity index (χ2n) is 7.59. The van der Waals surface area contributed by atoms with Crippen LogP contribution in [-0.2, 0) is 22.5 Å². The van der Waals surface area contributed by atoms with E-state index in [0.29, 0.717) is 22.8 Å². The van der Waals surface area contributed by atoms with E-state index >= 15 is 0 Å². The van der Waals surface area contributed by atoms with Crippen molar-refractivity contribution < 1.29 is 14.3 Å². The molecule has 1 amide bonds. The molecule has 0 atom stereocenters. The Morgan fingerprint density at radius 3 is 2.84 bits per heavy atom. The zero-order valence-electron chi connectivity index (χ0n) is 17.4. The predicted molar refractivity (Wildman–Crippen MR) is 121 cm³/mol. The quantitative estimate of drug-likeness (QED) is 0.577. The number of nitrogens with one attached hydrogen (secondary N) is 1. The molecular formula is C24H24ClN3O3. The molecule has 1 aliphatic heterocycles. The van der Waals surface area contributed by atoms with Crippen molar-refractivity contribution in [3.05, 3.63) is 70.4 Å². The van der Waals surface area contributed by atoms with E-state index in [4.69, 9.17) is 21.3 Å². The maximum absolute atomic E-state index is 13.1. The number of benzene rings is 2. The van der Waals surface area contributed by atoms with E-state index in [-0.39, 0.29) is 6.61 Å². The smallest absolute Gasteiger partial charge is 0.339 e. The minimum Gasteiger partial charge on any atom is -0.452 e. The number of rotatable bonds is 6.